The molecule has 1 saturated heterocycles. The van der Waals surface area contributed by atoms with Gasteiger partial charge in [-0.05, 0) is 46.3 Å². The first-order valence-electron chi connectivity index (χ1n) is 9.52. The molecule has 0 radical (unpaired) electrons. The predicted octanol–water partition coefficient (Wildman–Crippen LogP) is 3.20. The van der Waals surface area contributed by atoms with Crippen molar-refractivity contribution in [2.24, 2.45) is 0 Å². The lowest BCUT2D eigenvalue weighted by Gasteiger charge is -2.36. The highest BCUT2D eigenvalue weighted by molar-refractivity contribution is 5.49. The molecular weight excluding hydrogens is 400 g/mol. The Kier molecular flexibility index (Phi) is 5.67. The topological polar surface area (TPSA) is 50.1 Å². The normalized spacial score (nSPS) is 15.5. The second-order valence-electron chi connectivity index (χ2n) is 7.19. The first kappa shape index (κ1) is 20.3. The fraction of sp³-hybridized carbons (Fsp3) is 0.350. The van der Waals surface area contributed by atoms with Crippen molar-refractivity contribution < 1.29 is 17.6 Å². The van der Waals surface area contributed by atoms with Crippen LogP contribution in [0.25, 0.3) is 0 Å². The van der Waals surface area contributed by atoms with Crippen LogP contribution in [0.3, 0.4) is 0 Å². The van der Waals surface area contributed by atoms with E-state index in [0.29, 0.717) is 50.8 Å². The van der Waals surface area contributed by atoms with Crippen LogP contribution in [0.4, 0.5) is 23.2 Å². The number of piperazine rings is 1. The van der Waals surface area contributed by atoms with Crippen LogP contribution >= 0.6 is 0 Å². The van der Waals surface area contributed by atoms with E-state index >= 15 is 0 Å². The molecule has 2 heterocycles. The van der Waals surface area contributed by atoms with Crippen molar-refractivity contribution in [3.63, 3.8) is 0 Å². The molecule has 0 amide bonds. The number of anilines is 1. The van der Waals surface area contributed by atoms with Gasteiger partial charge in [0.2, 0.25) is 0 Å². The zero-order valence-corrected chi connectivity index (χ0v) is 16.1. The van der Waals surface area contributed by atoms with Crippen molar-refractivity contribution in [1.82, 2.24) is 25.1 Å². The first-order valence-corrected chi connectivity index (χ1v) is 9.52. The second kappa shape index (κ2) is 8.39. The first-order chi connectivity index (χ1) is 14.4. The van der Waals surface area contributed by atoms with E-state index in [9.17, 15) is 17.6 Å². The molecule has 158 valence electrons. The Hall–Kier alpha value is -3.01. The fourth-order valence-corrected chi connectivity index (χ4v) is 3.47. The lowest BCUT2D eigenvalue weighted by molar-refractivity contribution is -0.137. The zero-order chi connectivity index (χ0) is 21.1. The van der Waals surface area contributed by atoms with Gasteiger partial charge in [-0.15, -0.1) is 5.10 Å². The molecule has 1 aliphatic rings. The van der Waals surface area contributed by atoms with Gasteiger partial charge in [0.15, 0.2) is 5.82 Å². The number of benzene rings is 2. The Balaban J connectivity index is 1.36. The zero-order valence-electron chi connectivity index (χ0n) is 16.1. The molecule has 2 aromatic carbocycles. The van der Waals surface area contributed by atoms with E-state index in [0.717, 1.165) is 11.6 Å². The highest BCUT2D eigenvalue weighted by Crippen LogP contribution is 2.31. The van der Waals surface area contributed by atoms with Crippen LogP contribution in [-0.2, 0) is 19.3 Å². The van der Waals surface area contributed by atoms with Crippen LogP contribution in [0.1, 0.15) is 17.0 Å². The SMILES string of the molecule is Fc1ccc(Cn2nnnc2CN2CCN(c3cccc(C(F)(F)F)c3)CC2)cc1. The van der Waals surface area contributed by atoms with E-state index in [4.69, 9.17) is 0 Å². The van der Waals surface area contributed by atoms with Crippen molar-refractivity contribution in [2.75, 3.05) is 31.1 Å². The maximum Gasteiger partial charge on any atom is 0.416 e. The van der Waals surface area contributed by atoms with Crippen LogP contribution in [0.2, 0.25) is 0 Å². The average Bonchev–Trinajstić information content (AvgIpc) is 3.16. The van der Waals surface area contributed by atoms with Gasteiger partial charge in [0, 0.05) is 31.9 Å². The Bertz CT molecular complexity index is 977. The molecule has 0 unspecified atom stereocenters. The number of aromatic nitrogens is 4. The van der Waals surface area contributed by atoms with Crippen LogP contribution in [0.5, 0.6) is 0 Å². The predicted molar refractivity (Wildman–Crippen MR) is 102 cm³/mol. The third kappa shape index (κ3) is 4.76. The minimum Gasteiger partial charge on any atom is -0.369 e. The molecule has 6 nitrogen and oxygen atoms in total. The standard InChI is InChI=1S/C20H20F4N6/c21-17-6-4-15(5-7-17)13-30-19(25-26-27-30)14-28-8-10-29(11-9-28)18-3-1-2-16(12-18)20(22,23)24/h1-7,12H,8-11,13-14H2. The molecule has 1 fully saturated rings. The average molecular weight is 420 g/mol. The highest BCUT2D eigenvalue weighted by atomic mass is 19.4. The summed E-state index contributed by atoms with van der Waals surface area (Å²) >= 11 is 0. The van der Waals surface area contributed by atoms with Gasteiger partial charge in [-0.25, -0.2) is 9.07 Å². The molecule has 1 aliphatic heterocycles. The molecule has 10 heteroatoms. The van der Waals surface area contributed by atoms with E-state index in [-0.39, 0.29) is 5.82 Å². The van der Waals surface area contributed by atoms with Gasteiger partial charge in [-0.3, -0.25) is 4.90 Å². The summed E-state index contributed by atoms with van der Waals surface area (Å²) in [4.78, 5) is 4.12. The lowest BCUT2D eigenvalue weighted by Crippen LogP contribution is -2.46. The van der Waals surface area contributed by atoms with E-state index in [2.05, 4.69) is 20.4 Å². The summed E-state index contributed by atoms with van der Waals surface area (Å²) < 4.78 is 53.6. The number of rotatable bonds is 5. The quantitative estimate of drug-likeness (QED) is 0.594. The number of tetrazole rings is 1. The van der Waals surface area contributed by atoms with Gasteiger partial charge in [0.1, 0.15) is 5.82 Å². The Labute approximate surface area is 170 Å². The highest BCUT2D eigenvalue weighted by Gasteiger charge is 2.31. The smallest absolute Gasteiger partial charge is 0.369 e. The van der Waals surface area contributed by atoms with Gasteiger partial charge >= 0.3 is 6.18 Å². The molecule has 0 atom stereocenters. The maximum atomic E-state index is 13.1. The fourth-order valence-electron chi connectivity index (χ4n) is 3.47. The molecule has 4 rings (SSSR count). The van der Waals surface area contributed by atoms with Crippen LogP contribution in [0, 0.1) is 5.82 Å². The lowest BCUT2D eigenvalue weighted by atomic mass is 10.1. The number of hydrogen-bond acceptors (Lipinski definition) is 5. The van der Waals surface area contributed by atoms with Crippen molar-refractivity contribution in [3.05, 3.63) is 71.3 Å². The summed E-state index contributed by atoms with van der Waals surface area (Å²) in [6.07, 6.45) is -4.35. The molecule has 0 N–H and O–H groups in total. The van der Waals surface area contributed by atoms with Gasteiger partial charge in [-0.1, -0.05) is 18.2 Å². The molecule has 1 aromatic heterocycles. The van der Waals surface area contributed by atoms with Crippen molar-refractivity contribution in [1.29, 1.82) is 0 Å². The maximum absolute atomic E-state index is 13.1. The summed E-state index contributed by atoms with van der Waals surface area (Å²) in [7, 11) is 0. The van der Waals surface area contributed by atoms with Crippen molar-refractivity contribution in [3.8, 4) is 0 Å². The van der Waals surface area contributed by atoms with E-state index in [1.54, 1.807) is 22.9 Å². The number of hydrogen-bond donors (Lipinski definition) is 0. The van der Waals surface area contributed by atoms with Gasteiger partial charge in [-0.2, -0.15) is 13.2 Å². The van der Waals surface area contributed by atoms with Gasteiger partial charge < -0.3 is 4.90 Å². The third-order valence-electron chi connectivity index (χ3n) is 5.13. The second-order valence-corrected chi connectivity index (χ2v) is 7.19. The largest absolute Gasteiger partial charge is 0.416 e. The summed E-state index contributed by atoms with van der Waals surface area (Å²) in [5.41, 5.74) is 0.826. The van der Waals surface area contributed by atoms with Gasteiger partial charge in [0.05, 0.1) is 18.7 Å². The van der Waals surface area contributed by atoms with Crippen LogP contribution < -0.4 is 4.90 Å². The molecule has 30 heavy (non-hydrogen) atoms. The summed E-state index contributed by atoms with van der Waals surface area (Å²) in [5, 5.41) is 11.8. The van der Waals surface area contributed by atoms with Crippen molar-refractivity contribution >= 4 is 5.69 Å². The summed E-state index contributed by atoms with van der Waals surface area (Å²) in [6.45, 7) is 3.55. The van der Waals surface area contributed by atoms with E-state index in [1.807, 2.05) is 4.90 Å². The molecular formula is C20H20F4N6. The summed E-state index contributed by atoms with van der Waals surface area (Å²) in [5.74, 6) is 0.390. The van der Waals surface area contributed by atoms with E-state index in [1.165, 1.54) is 24.3 Å². The Morgan fingerprint density at radius 3 is 2.33 bits per heavy atom. The molecule has 0 spiro atoms. The van der Waals surface area contributed by atoms with Gasteiger partial charge in [0.25, 0.3) is 0 Å². The monoisotopic (exact) mass is 420 g/mol. The Morgan fingerprint density at radius 2 is 1.63 bits per heavy atom. The number of alkyl halides is 3. The van der Waals surface area contributed by atoms with Crippen LogP contribution in [-0.4, -0.2) is 51.3 Å². The molecule has 0 saturated carbocycles. The van der Waals surface area contributed by atoms with E-state index < -0.39 is 11.7 Å². The number of halogens is 4. The Morgan fingerprint density at radius 1 is 0.900 bits per heavy atom. The summed E-state index contributed by atoms with van der Waals surface area (Å²) in [6, 6.07) is 11.6. The minimum absolute atomic E-state index is 0.297. The molecule has 0 bridgehead atoms. The molecule has 3 aromatic rings. The number of nitrogens with zero attached hydrogens (tertiary/aromatic N) is 6. The van der Waals surface area contributed by atoms with Crippen LogP contribution in [0.15, 0.2) is 48.5 Å². The van der Waals surface area contributed by atoms with Crippen molar-refractivity contribution in [2.45, 2.75) is 19.3 Å². The molecule has 0 aliphatic carbocycles. The third-order valence-corrected chi connectivity index (χ3v) is 5.13. The minimum atomic E-state index is -4.35.